The van der Waals surface area contributed by atoms with E-state index in [0.717, 1.165) is 24.4 Å². The van der Waals surface area contributed by atoms with E-state index in [4.69, 9.17) is 5.73 Å². The molecule has 0 atom stereocenters. The zero-order chi connectivity index (χ0) is 13.8. The van der Waals surface area contributed by atoms with Crippen LogP contribution in [0.25, 0.3) is 0 Å². The molecule has 1 aliphatic carbocycles. The number of non-ortho nitro benzene ring substituents is 1. The van der Waals surface area contributed by atoms with Crippen LogP contribution in [0.3, 0.4) is 0 Å². The number of nitro benzene ring substituents is 1. The van der Waals surface area contributed by atoms with Gasteiger partial charge in [0.05, 0.1) is 16.3 Å². The van der Waals surface area contributed by atoms with E-state index in [9.17, 15) is 10.1 Å². The van der Waals surface area contributed by atoms with E-state index in [1.807, 2.05) is 0 Å². The summed E-state index contributed by atoms with van der Waals surface area (Å²) >= 11 is 0. The summed E-state index contributed by atoms with van der Waals surface area (Å²) in [6.07, 6.45) is 6.05. The Morgan fingerprint density at radius 3 is 2.58 bits per heavy atom. The van der Waals surface area contributed by atoms with Gasteiger partial charge in [-0.15, -0.1) is 0 Å². The number of benzene rings is 1. The van der Waals surface area contributed by atoms with Gasteiger partial charge in [0.25, 0.3) is 5.69 Å². The molecule has 1 aromatic rings. The predicted octanol–water partition coefficient (Wildman–Crippen LogP) is 3.56. The zero-order valence-corrected chi connectivity index (χ0v) is 11.3. The lowest BCUT2D eigenvalue weighted by Crippen LogP contribution is -2.26. The number of rotatable bonds is 4. The van der Waals surface area contributed by atoms with Gasteiger partial charge in [0.1, 0.15) is 0 Å². The molecule has 2 rings (SSSR count). The van der Waals surface area contributed by atoms with Gasteiger partial charge in [-0.25, -0.2) is 0 Å². The number of hydrogen-bond donors (Lipinski definition) is 2. The molecule has 0 aromatic heterocycles. The smallest absolute Gasteiger partial charge is 0.271 e. The molecule has 5 heteroatoms. The van der Waals surface area contributed by atoms with Crippen LogP contribution in [0.4, 0.5) is 17.1 Å². The van der Waals surface area contributed by atoms with Crippen molar-refractivity contribution in [3.8, 4) is 0 Å². The standard InChI is InChI=1S/C14H21N3O2/c1-2-10-3-5-11(6-4-10)16-14-8-7-12(17(18)19)9-13(14)15/h7-11,16H,2-6,15H2,1H3. The zero-order valence-electron chi connectivity index (χ0n) is 11.3. The topological polar surface area (TPSA) is 81.2 Å². The van der Waals surface area contributed by atoms with Crippen LogP contribution in [0.1, 0.15) is 39.0 Å². The van der Waals surface area contributed by atoms with E-state index in [2.05, 4.69) is 12.2 Å². The van der Waals surface area contributed by atoms with E-state index in [1.165, 1.54) is 31.4 Å². The summed E-state index contributed by atoms with van der Waals surface area (Å²) in [4.78, 5) is 10.2. The summed E-state index contributed by atoms with van der Waals surface area (Å²) in [5.41, 5.74) is 7.16. The van der Waals surface area contributed by atoms with E-state index in [0.29, 0.717) is 11.7 Å². The van der Waals surface area contributed by atoms with E-state index in [1.54, 1.807) is 6.07 Å². The van der Waals surface area contributed by atoms with Crippen molar-refractivity contribution in [1.29, 1.82) is 0 Å². The third kappa shape index (κ3) is 3.36. The maximum atomic E-state index is 10.7. The molecule has 0 radical (unpaired) electrons. The number of anilines is 2. The van der Waals surface area contributed by atoms with Crippen LogP contribution in [-0.2, 0) is 0 Å². The molecular weight excluding hydrogens is 242 g/mol. The van der Waals surface area contributed by atoms with Crippen LogP contribution < -0.4 is 11.1 Å². The Labute approximate surface area is 113 Å². The molecule has 0 aliphatic heterocycles. The van der Waals surface area contributed by atoms with Crippen molar-refractivity contribution >= 4 is 17.1 Å². The van der Waals surface area contributed by atoms with Crippen molar-refractivity contribution in [2.24, 2.45) is 5.92 Å². The molecule has 1 aliphatic rings. The SMILES string of the molecule is CCC1CCC(Nc2ccc([N+](=O)[O-])cc2N)CC1. The molecule has 0 spiro atoms. The number of nitrogen functional groups attached to an aromatic ring is 1. The van der Waals surface area contributed by atoms with Gasteiger partial charge in [0.15, 0.2) is 0 Å². The predicted molar refractivity (Wildman–Crippen MR) is 77.2 cm³/mol. The molecule has 104 valence electrons. The third-order valence-electron chi connectivity index (χ3n) is 4.03. The van der Waals surface area contributed by atoms with Crippen molar-refractivity contribution in [3.63, 3.8) is 0 Å². The Balaban J connectivity index is 1.98. The Hall–Kier alpha value is -1.78. The first-order chi connectivity index (χ1) is 9.10. The molecule has 5 nitrogen and oxygen atoms in total. The number of nitro groups is 1. The molecule has 19 heavy (non-hydrogen) atoms. The summed E-state index contributed by atoms with van der Waals surface area (Å²) < 4.78 is 0. The molecule has 1 aromatic carbocycles. The molecular formula is C14H21N3O2. The third-order valence-corrected chi connectivity index (χ3v) is 4.03. The van der Waals surface area contributed by atoms with Crippen molar-refractivity contribution in [2.75, 3.05) is 11.1 Å². The van der Waals surface area contributed by atoms with Gasteiger partial charge in [0.2, 0.25) is 0 Å². The fraction of sp³-hybridized carbons (Fsp3) is 0.571. The molecule has 0 heterocycles. The average molecular weight is 263 g/mol. The lowest BCUT2D eigenvalue weighted by Gasteiger charge is -2.29. The quantitative estimate of drug-likeness (QED) is 0.494. The largest absolute Gasteiger partial charge is 0.397 e. The molecule has 1 fully saturated rings. The van der Waals surface area contributed by atoms with E-state index >= 15 is 0 Å². The summed E-state index contributed by atoms with van der Waals surface area (Å²) in [5.74, 6) is 0.854. The normalized spacial score (nSPS) is 23.0. The Bertz CT molecular complexity index is 454. The minimum Gasteiger partial charge on any atom is -0.397 e. The van der Waals surface area contributed by atoms with Crippen molar-refractivity contribution in [2.45, 2.75) is 45.1 Å². The average Bonchev–Trinajstić information content (AvgIpc) is 2.41. The Kier molecular flexibility index (Phi) is 4.24. The fourth-order valence-electron chi connectivity index (χ4n) is 2.73. The van der Waals surface area contributed by atoms with Crippen LogP contribution in [-0.4, -0.2) is 11.0 Å². The number of nitrogens with two attached hydrogens (primary N) is 1. The second-order valence-corrected chi connectivity index (χ2v) is 5.30. The second kappa shape index (κ2) is 5.91. The Morgan fingerprint density at radius 1 is 1.37 bits per heavy atom. The molecule has 0 unspecified atom stereocenters. The first-order valence-electron chi connectivity index (χ1n) is 6.90. The van der Waals surface area contributed by atoms with Crippen LogP contribution >= 0.6 is 0 Å². The van der Waals surface area contributed by atoms with Crippen molar-refractivity contribution in [3.05, 3.63) is 28.3 Å². The Morgan fingerprint density at radius 2 is 2.05 bits per heavy atom. The number of nitrogens with zero attached hydrogens (tertiary/aromatic N) is 1. The first-order valence-corrected chi connectivity index (χ1v) is 6.90. The summed E-state index contributed by atoms with van der Waals surface area (Å²) in [5, 5.41) is 14.1. The van der Waals surface area contributed by atoms with Gasteiger partial charge < -0.3 is 11.1 Å². The highest BCUT2D eigenvalue weighted by molar-refractivity contribution is 5.69. The van der Waals surface area contributed by atoms with Gasteiger partial charge >= 0.3 is 0 Å². The second-order valence-electron chi connectivity index (χ2n) is 5.30. The maximum Gasteiger partial charge on any atom is 0.271 e. The molecule has 1 saturated carbocycles. The van der Waals surface area contributed by atoms with Crippen LogP contribution in [0.15, 0.2) is 18.2 Å². The molecule has 0 bridgehead atoms. The number of hydrogen-bond acceptors (Lipinski definition) is 4. The van der Waals surface area contributed by atoms with E-state index < -0.39 is 4.92 Å². The van der Waals surface area contributed by atoms with Gasteiger partial charge in [-0.05, 0) is 37.7 Å². The summed E-state index contributed by atoms with van der Waals surface area (Å²) in [6.45, 7) is 2.24. The molecule has 0 saturated heterocycles. The highest BCUT2D eigenvalue weighted by Crippen LogP contribution is 2.31. The lowest BCUT2D eigenvalue weighted by molar-refractivity contribution is -0.384. The van der Waals surface area contributed by atoms with Gasteiger partial charge in [0, 0.05) is 18.2 Å². The highest BCUT2D eigenvalue weighted by Gasteiger charge is 2.20. The van der Waals surface area contributed by atoms with E-state index in [-0.39, 0.29) is 5.69 Å². The fourth-order valence-corrected chi connectivity index (χ4v) is 2.73. The lowest BCUT2D eigenvalue weighted by atomic mass is 9.84. The molecule has 0 amide bonds. The maximum absolute atomic E-state index is 10.7. The highest BCUT2D eigenvalue weighted by atomic mass is 16.6. The van der Waals surface area contributed by atoms with Crippen LogP contribution in [0.2, 0.25) is 0 Å². The molecule has 3 N–H and O–H groups in total. The summed E-state index contributed by atoms with van der Waals surface area (Å²) in [7, 11) is 0. The van der Waals surface area contributed by atoms with Crippen LogP contribution in [0.5, 0.6) is 0 Å². The monoisotopic (exact) mass is 263 g/mol. The number of nitrogens with one attached hydrogen (secondary N) is 1. The van der Waals surface area contributed by atoms with Crippen molar-refractivity contribution in [1.82, 2.24) is 0 Å². The van der Waals surface area contributed by atoms with Gasteiger partial charge in [-0.1, -0.05) is 13.3 Å². The van der Waals surface area contributed by atoms with Crippen LogP contribution in [0, 0.1) is 16.0 Å². The minimum atomic E-state index is -0.424. The van der Waals surface area contributed by atoms with Gasteiger partial charge in [-0.3, -0.25) is 10.1 Å². The first kappa shape index (κ1) is 13.6. The van der Waals surface area contributed by atoms with Crippen molar-refractivity contribution < 1.29 is 4.92 Å². The minimum absolute atomic E-state index is 0.0396. The summed E-state index contributed by atoms with van der Waals surface area (Å²) in [6, 6.07) is 5.06. The van der Waals surface area contributed by atoms with Gasteiger partial charge in [-0.2, -0.15) is 0 Å².